The highest BCUT2D eigenvalue weighted by Gasteiger charge is 2.23. The summed E-state index contributed by atoms with van der Waals surface area (Å²) in [5, 5.41) is 0. The van der Waals surface area contributed by atoms with Crippen LogP contribution in [0.5, 0.6) is 11.5 Å². The van der Waals surface area contributed by atoms with Gasteiger partial charge in [-0.1, -0.05) is 12.1 Å². The number of ether oxygens (including phenoxy) is 2. The number of ketones is 1. The molecule has 94 valence electrons. The summed E-state index contributed by atoms with van der Waals surface area (Å²) in [7, 11) is 0. The lowest BCUT2D eigenvalue weighted by Crippen LogP contribution is -2.18. The summed E-state index contributed by atoms with van der Waals surface area (Å²) in [6.07, 6.45) is 6.24. The van der Waals surface area contributed by atoms with Crippen LogP contribution in [-0.4, -0.2) is 19.0 Å². The molecular weight excluding hydrogens is 228 g/mol. The summed E-state index contributed by atoms with van der Waals surface area (Å²) in [6.45, 7) is 1.06. The number of para-hydroxylation sites is 1. The number of rotatable bonds is 2. The van der Waals surface area contributed by atoms with Crippen LogP contribution in [0.1, 0.15) is 36.0 Å². The normalized spacial score (nSPS) is 18.1. The van der Waals surface area contributed by atoms with Gasteiger partial charge in [0.1, 0.15) is 13.2 Å². The fourth-order valence-corrected chi connectivity index (χ4v) is 2.47. The Kier molecular flexibility index (Phi) is 3.05. The Morgan fingerprint density at radius 1 is 1.11 bits per heavy atom. The topological polar surface area (TPSA) is 35.5 Å². The molecule has 3 heteroatoms. The van der Waals surface area contributed by atoms with Gasteiger partial charge in [0.15, 0.2) is 17.3 Å². The summed E-state index contributed by atoms with van der Waals surface area (Å²) in [5.74, 6) is 1.39. The minimum absolute atomic E-state index is 0.0945. The van der Waals surface area contributed by atoms with E-state index in [4.69, 9.17) is 9.47 Å². The molecule has 1 heterocycles. The molecule has 0 saturated heterocycles. The number of hydrogen-bond acceptors (Lipinski definition) is 3. The lowest BCUT2D eigenvalue weighted by molar-refractivity contribution is 0.101. The van der Waals surface area contributed by atoms with Gasteiger partial charge in [0.05, 0.1) is 5.56 Å². The highest BCUT2D eigenvalue weighted by atomic mass is 16.6. The van der Waals surface area contributed by atoms with Crippen molar-refractivity contribution in [2.75, 3.05) is 13.2 Å². The summed E-state index contributed by atoms with van der Waals surface area (Å²) < 4.78 is 11.1. The van der Waals surface area contributed by atoms with E-state index in [1.54, 1.807) is 0 Å². The van der Waals surface area contributed by atoms with Gasteiger partial charge >= 0.3 is 0 Å². The maximum atomic E-state index is 12.5. The standard InChI is InChI=1S/C15H16O3/c16-14(11-5-2-1-3-6-11)12-7-4-8-13-15(12)18-10-9-17-13/h4-5,7-8H,1-3,6,9-10H2. The second-order valence-electron chi connectivity index (χ2n) is 4.63. The van der Waals surface area contributed by atoms with Crippen LogP contribution in [0, 0.1) is 0 Å². The molecule has 0 aromatic heterocycles. The number of Topliss-reactive ketones (excluding diaryl/α,β-unsaturated/α-hetero) is 1. The monoisotopic (exact) mass is 244 g/mol. The first-order valence-electron chi connectivity index (χ1n) is 6.48. The fraction of sp³-hybridized carbons (Fsp3) is 0.400. The first kappa shape index (κ1) is 11.3. The molecule has 0 bridgehead atoms. The zero-order valence-corrected chi connectivity index (χ0v) is 10.3. The Bertz CT molecular complexity index is 502. The van der Waals surface area contributed by atoms with E-state index in [0.717, 1.165) is 24.8 Å². The number of carbonyl (C=O) groups excluding carboxylic acids is 1. The minimum atomic E-state index is 0.0945. The molecule has 18 heavy (non-hydrogen) atoms. The van der Waals surface area contributed by atoms with Gasteiger partial charge < -0.3 is 9.47 Å². The lowest BCUT2D eigenvalue weighted by atomic mass is 9.92. The molecular formula is C15H16O3. The highest BCUT2D eigenvalue weighted by Crippen LogP contribution is 2.35. The molecule has 2 aliphatic rings. The maximum absolute atomic E-state index is 12.5. The summed E-state index contributed by atoms with van der Waals surface area (Å²) >= 11 is 0. The average Bonchev–Trinajstić information content (AvgIpc) is 2.47. The van der Waals surface area contributed by atoms with E-state index in [9.17, 15) is 4.79 Å². The Morgan fingerprint density at radius 2 is 2.00 bits per heavy atom. The van der Waals surface area contributed by atoms with E-state index >= 15 is 0 Å². The van der Waals surface area contributed by atoms with Crippen LogP contribution in [0.3, 0.4) is 0 Å². The van der Waals surface area contributed by atoms with Crippen molar-refractivity contribution in [3.8, 4) is 11.5 Å². The van der Waals surface area contributed by atoms with Gasteiger partial charge in [0, 0.05) is 0 Å². The zero-order chi connectivity index (χ0) is 12.4. The fourth-order valence-electron chi connectivity index (χ4n) is 2.47. The quantitative estimate of drug-likeness (QED) is 0.750. The van der Waals surface area contributed by atoms with Crippen LogP contribution in [0.2, 0.25) is 0 Å². The van der Waals surface area contributed by atoms with E-state index in [2.05, 4.69) is 6.08 Å². The maximum Gasteiger partial charge on any atom is 0.192 e. The second kappa shape index (κ2) is 4.84. The van der Waals surface area contributed by atoms with Gasteiger partial charge in [-0.2, -0.15) is 0 Å². The number of benzene rings is 1. The summed E-state index contributed by atoms with van der Waals surface area (Å²) in [5.41, 5.74) is 1.56. The second-order valence-corrected chi connectivity index (χ2v) is 4.63. The molecule has 0 amide bonds. The van der Waals surface area contributed by atoms with Crippen molar-refractivity contribution in [2.24, 2.45) is 0 Å². The molecule has 0 atom stereocenters. The minimum Gasteiger partial charge on any atom is -0.486 e. The zero-order valence-electron chi connectivity index (χ0n) is 10.3. The van der Waals surface area contributed by atoms with Gasteiger partial charge in [-0.25, -0.2) is 0 Å². The van der Waals surface area contributed by atoms with Crippen molar-refractivity contribution in [3.63, 3.8) is 0 Å². The molecule has 1 aliphatic carbocycles. The number of hydrogen-bond donors (Lipinski definition) is 0. The van der Waals surface area contributed by atoms with Gasteiger partial charge in [-0.3, -0.25) is 4.79 Å². The van der Waals surface area contributed by atoms with Crippen molar-refractivity contribution >= 4 is 5.78 Å². The Balaban J connectivity index is 1.96. The van der Waals surface area contributed by atoms with Crippen molar-refractivity contribution in [2.45, 2.75) is 25.7 Å². The Morgan fingerprint density at radius 3 is 2.83 bits per heavy atom. The molecule has 1 aliphatic heterocycles. The number of allylic oxidation sites excluding steroid dienone is 2. The molecule has 0 saturated carbocycles. The van der Waals surface area contributed by atoms with Crippen molar-refractivity contribution in [1.82, 2.24) is 0 Å². The van der Waals surface area contributed by atoms with Gasteiger partial charge in [0.25, 0.3) is 0 Å². The Labute approximate surface area is 106 Å². The molecule has 3 nitrogen and oxygen atoms in total. The van der Waals surface area contributed by atoms with Crippen LogP contribution < -0.4 is 9.47 Å². The van der Waals surface area contributed by atoms with Crippen LogP contribution in [0.4, 0.5) is 0 Å². The van der Waals surface area contributed by atoms with Crippen LogP contribution >= 0.6 is 0 Å². The average molecular weight is 244 g/mol. The number of carbonyl (C=O) groups is 1. The van der Waals surface area contributed by atoms with Gasteiger partial charge in [0.2, 0.25) is 0 Å². The largest absolute Gasteiger partial charge is 0.486 e. The molecule has 1 aromatic rings. The highest BCUT2D eigenvalue weighted by molar-refractivity contribution is 6.11. The van der Waals surface area contributed by atoms with Crippen LogP contribution in [0.25, 0.3) is 0 Å². The summed E-state index contributed by atoms with van der Waals surface area (Å²) in [6, 6.07) is 5.52. The molecule has 0 fully saturated rings. The SMILES string of the molecule is O=C(C1=CCCCC1)c1cccc2c1OCCO2. The first-order valence-corrected chi connectivity index (χ1v) is 6.48. The third-order valence-electron chi connectivity index (χ3n) is 3.39. The lowest BCUT2D eigenvalue weighted by Gasteiger charge is -2.21. The Hall–Kier alpha value is -1.77. The molecule has 0 N–H and O–H groups in total. The molecule has 3 rings (SSSR count). The third kappa shape index (κ3) is 2.01. The predicted octanol–water partition coefficient (Wildman–Crippen LogP) is 3.14. The van der Waals surface area contributed by atoms with Crippen molar-refractivity contribution < 1.29 is 14.3 Å². The first-order chi connectivity index (χ1) is 8.86. The van der Waals surface area contributed by atoms with Crippen LogP contribution in [0.15, 0.2) is 29.8 Å². The van der Waals surface area contributed by atoms with Gasteiger partial charge in [-0.05, 0) is 43.4 Å². The predicted molar refractivity (Wildman–Crippen MR) is 68.3 cm³/mol. The number of fused-ring (bicyclic) bond motifs is 1. The van der Waals surface area contributed by atoms with Crippen molar-refractivity contribution in [3.05, 3.63) is 35.4 Å². The molecule has 1 aromatic carbocycles. The summed E-state index contributed by atoms with van der Waals surface area (Å²) in [4.78, 5) is 12.5. The van der Waals surface area contributed by atoms with E-state index in [0.29, 0.717) is 30.3 Å². The van der Waals surface area contributed by atoms with Gasteiger partial charge in [-0.15, -0.1) is 0 Å². The van der Waals surface area contributed by atoms with Crippen LogP contribution in [-0.2, 0) is 0 Å². The van der Waals surface area contributed by atoms with Crippen molar-refractivity contribution in [1.29, 1.82) is 0 Å². The van der Waals surface area contributed by atoms with E-state index in [1.807, 2.05) is 18.2 Å². The molecule has 0 unspecified atom stereocenters. The smallest absolute Gasteiger partial charge is 0.192 e. The van der Waals surface area contributed by atoms with E-state index in [1.165, 1.54) is 6.42 Å². The molecule has 0 spiro atoms. The van der Waals surface area contributed by atoms with E-state index in [-0.39, 0.29) is 5.78 Å². The molecule has 0 radical (unpaired) electrons. The van der Waals surface area contributed by atoms with E-state index < -0.39 is 0 Å². The third-order valence-corrected chi connectivity index (χ3v) is 3.39.